The van der Waals surface area contributed by atoms with Gasteiger partial charge in [0, 0.05) is 24.7 Å². The minimum absolute atomic E-state index is 0.159. The Balaban J connectivity index is 1.87. The first-order chi connectivity index (χ1) is 14.9. The number of thiophene rings is 1. The Kier molecular flexibility index (Phi) is 5.93. The van der Waals surface area contributed by atoms with Gasteiger partial charge in [-0.25, -0.2) is 9.79 Å². The lowest BCUT2D eigenvalue weighted by molar-refractivity contribution is -0.139. The molecular formula is C23H23N3O3S2. The maximum atomic E-state index is 13.4. The fraction of sp³-hybridized carbons (Fsp3) is 0.261. The third kappa shape index (κ3) is 4.00. The van der Waals surface area contributed by atoms with Crippen LogP contribution >= 0.6 is 22.7 Å². The minimum Gasteiger partial charge on any atom is -0.463 e. The van der Waals surface area contributed by atoms with Crippen molar-refractivity contribution >= 4 is 40.4 Å². The highest BCUT2D eigenvalue weighted by Gasteiger charge is 2.33. The highest BCUT2D eigenvalue weighted by Crippen LogP contribution is 2.33. The zero-order valence-electron chi connectivity index (χ0n) is 17.8. The van der Waals surface area contributed by atoms with Gasteiger partial charge < -0.3 is 9.64 Å². The number of ether oxygens (including phenoxy) is 1. The lowest BCUT2D eigenvalue weighted by Gasteiger charge is -2.23. The van der Waals surface area contributed by atoms with Crippen molar-refractivity contribution in [3.63, 3.8) is 0 Å². The Hall–Kier alpha value is -2.97. The van der Waals surface area contributed by atoms with Crippen LogP contribution in [-0.2, 0) is 9.53 Å². The molecule has 0 spiro atoms. The van der Waals surface area contributed by atoms with Gasteiger partial charge in [0.1, 0.15) is 6.04 Å². The molecular weight excluding hydrogens is 430 g/mol. The number of fused-ring (bicyclic) bond motifs is 1. The number of thiazole rings is 1. The lowest BCUT2D eigenvalue weighted by Crippen LogP contribution is -2.39. The quantitative estimate of drug-likeness (QED) is 0.558. The lowest BCUT2D eigenvalue weighted by atomic mass is 10.0. The maximum absolute atomic E-state index is 13.4. The topological polar surface area (TPSA) is 63.9 Å². The van der Waals surface area contributed by atoms with Crippen LogP contribution in [0.2, 0.25) is 0 Å². The third-order valence-electron chi connectivity index (χ3n) is 5.04. The molecule has 0 radical (unpaired) electrons. The second kappa shape index (κ2) is 8.64. The largest absolute Gasteiger partial charge is 0.463 e. The summed E-state index contributed by atoms with van der Waals surface area (Å²) in [5, 5.41) is 1.94. The molecule has 2 aromatic heterocycles. The van der Waals surface area contributed by atoms with Crippen molar-refractivity contribution in [1.29, 1.82) is 0 Å². The van der Waals surface area contributed by atoms with E-state index in [0.717, 1.165) is 16.1 Å². The van der Waals surface area contributed by atoms with Crippen molar-refractivity contribution in [1.82, 2.24) is 4.57 Å². The van der Waals surface area contributed by atoms with E-state index in [1.54, 1.807) is 18.4 Å². The van der Waals surface area contributed by atoms with Gasteiger partial charge in [-0.15, -0.1) is 11.3 Å². The highest BCUT2D eigenvalue weighted by molar-refractivity contribution is 7.10. The molecule has 0 amide bonds. The van der Waals surface area contributed by atoms with E-state index < -0.39 is 12.0 Å². The van der Waals surface area contributed by atoms with Gasteiger partial charge >= 0.3 is 5.97 Å². The number of benzene rings is 1. The molecule has 31 heavy (non-hydrogen) atoms. The van der Waals surface area contributed by atoms with Gasteiger partial charge in [0.25, 0.3) is 5.56 Å². The van der Waals surface area contributed by atoms with Crippen LogP contribution in [0.5, 0.6) is 0 Å². The standard InChI is InChI=1S/C23H23N3O3S2/c1-5-29-22(28)19-14(2)24-23-26(20(19)17-7-6-12-30-17)21(27)18(31-23)13-15-8-10-16(11-9-15)25(3)4/h6-13,20H,5H2,1-4H3/b18-13+/t20-/m0/s1. The average Bonchev–Trinajstić information content (AvgIpc) is 3.36. The third-order valence-corrected chi connectivity index (χ3v) is 6.94. The van der Waals surface area contributed by atoms with Crippen molar-refractivity contribution < 1.29 is 9.53 Å². The SMILES string of the molecule is CCOC(=O)C1=C(C)N=c2s/c(=C/c3ccc(N(C)C)cc3)c(=O)n2[C@H]1c1cccs1. The number of rotatable bonds is 5. The second-order valence-corrected chi connectivity index (χ2v) is 9.29. The van der Waals surface area contributed by atoms with Crippen molar-refractivity contribution in [2.75, 3.05) is 25.6 Å². The van der Waals surface area contributed by atoms with Gasteiger partial charge in [0.2, 0.25) is 0 Å². The maximum Gasteiger partial charge on any atom is 0.338 e. The summed E-state index contributed by atoms with van der Waals surface area (Å²) in [7, 11) is 3.97. The van der Waals surface area contributed by atoms with Gasteiger partial charge in [-0.1, -0.05) is 29.5 Å². The number of carbonyl (C=O) groups excluding carboxylic acids is 1. The Bertz CT molecular complexity index is 1310. The number of aromatic nitrogens is 1. The fourth-order valence-electron chi connectivity index (χ4n) is 3.53. The zero-order valence-corrected chi connectivity index (χ0v) is 19.4. The normalized spacial score (nSPS) is 16.1. The van der Waals surface area contributed by atoms with Crippen molar-refractivity contribution in [3.8, 4) is 0 Å². The van der Waals surface area contributed by atoms with Crippen LogP contribution in [0.15, 0.2) is 62.8 Å². The number of hydrogen-bond donors (Lipinski definition) is 0. The summed E-state index contributed by atoms with van der Waals surface area (Å²) in [6.07, 6.45) is 1.87. The van der Waals surface area contributed by atoms with E-state index in [1.807, 2.05) is 66.8 Å². The van der Waals surface area contributed by atoms with E-state index in [4.69, 9.17) is 4.74 Å². The summed E-state index contributed by atoms with van der Waals surface area (Å²) in [5.74, 6) is -0.435. The minimum atomic E-state index is -0.534. The van der Waals surface area contributed by atoms with Crippen LogP contribution in [0.1, 0.15) is 30.3 Å². The molecule has 0 saturated carbocycles. The number of hydrogen-bond acceptors (Lipinski definition) is 7. The molecule has 0 unspecified atom stereocenters. The van der Waals surface area contributed by atoms with E-state index in [9.17, 15) is 9.59 Å². The van der Waals surface area contributed by atoms with Crippen LogP contribution < -0.4 is 19.8 Å². The molecule has 1 aliphatic rings. The Morgan fingerprint density at radius 3 is 2.61 bits per heavy atom. The molecule has 1 aromatic carbocycles. The zero-order chi connectivity index (χ0) is 22.1. The first-order valence-electron chi connectivity index (χ1n) is 9.91. The van der Waals surface area contributed by atoms with Crippen molar-refractivity contribution in [3.05, 3.63) is 83.2 Å². The van der Waals surface area contributed by atoms with Crippen LogP contribution in [0.3, 0.4) is 0 Å². The summed E-state index contributed by atoms with van der Waals surface area (Å²) < 4.78 is 7.49. The summed E-state index contributed by atoms with van der Waals surface area (Å²) >= 11 is 2.84. The molecule has 0 aliphatic carbocycles. The smallest absolute Gasteiger partial charge is 0.338 e. The van der Waals surface area contributed by atoms with Crippen molar-refractivity contribution in [2.45, 2.75) is 19.9 Å². The number of anilines is 1. The molecule has 1 aliphatic heterocycles. The summed E-state index contributed by atoms with van der Waals surface area (Å²) in [6.45, 7) is 3.83. The van der Waals surface area contributed by atoms with Gasteiger partial charge in [0.15, 0.2) is 4.80 Å². The van der Waals surface area contributed by atoms with Gasteiger partial charge in [-0.3, -0.25) is 9.36 Å². The molecule has 6 nitrogen and oxygen atoms in total. The Labute approximate surface area is 188 Å². The predicted molar refractivity (Wildman–Crippen MR) is 125 cm³/mol. The highest BCUT2D eigenvalue weighted by atomic mass is 32.1. The molecule has 0 bridgehead atoms. The van der Waals surface area contributed by atoms with Gasteiger partial charge in [-0.05, 0) is 49.1 Å². The first-order valence-corrected chi connectivity index (χ1v) is 11.6. The number of allylic oxidation sites excluding steroid dienone is 1. The second-order valence-electron chi connectivity index (χ2n) is 7.30. The van der Waals surface area contributed by atoms with Crippen LogP contribution in [0.4, 0.5) is 5.69 Å². The molecule has 0 fully saturated rings. The van der Waals surface area contributed by atoms with E-state index in [-0.39, 0.29) is 12.2 Å². The number of esters is 1. The van der Waals surface area contributed by atoms with Crippen LogP contribution in [-0.4, -0.2) is 31.2 Å². The predicted octanol–water partition coefficient (Wildman–Crippen LogP) is 2.93. The average molecular weight is 454 g/mol. The van der Waals surface area contributed by atoms with Gasteiger partial charge in [-0.2, -0.15) is 0 Å². The molecule has 3 heterocycles. The fourth-order valence-corrected chi connectivity index (χ4v) is 5.40. The number of nitrogens with zero attached hydrogens (tertiary/aromatic N) is 3. The summed E-state index contributed by atoms with van der Waals surface area (Å²) in [5.41, 5.74) is 2.86. The van der Waals surface area contributed by atoms with Crippen LogP contribution in [0, 0.1) is 0 Å². The molecule has 3 aromatic rings. The molecule has 8 heteroatoms. The van der Waals surface area contributed by atoms with E-state index in [1.165, 1.54) is 22.7 Å². The Morgan fingerprint density at radius 2 is 2.00 bits per heavy atom. The first kappa shape index (κ1) is 21.3. The molecule has 1 atom stereocenters. The molecule has 160 valence electrons. The summed E-state index contributed by atoms with van der Waals surface area (Å²) in [6, 6.07) is 11.3. The molecule has 4 rings (SSSR count). The number of carbonyl (C=O) groups is 1. The van der Waals surface area contributed by atoms with E-state index in [2.05, 4.69) is 4.99 Å². The molecule has 0 saturated heterocycles. The molecule has 0 N–H and O–H groups in total. The van der Waals surface area contributed by atoms with E-state index >= 15 is 0 Å². The van der Waals surface area contributed by atoms with Crippen LogP contribution in [0.25, 0.3) is 6.08 Å². The Morgan fingerprint density at radius 1 is 1.26 bits per heavy atom. The summed E-state index contributed by atoms with van der Waals surface area (Å²) in [4.78, 5) is 34.3. The van der Waals surface area contributed by atoms with Crippen molar-refractivity contribution in [2.24, 2.45) is 4.99 Å². The van der Waals surface area contributed by atoms with Gasteiger partial charge in [0.05, 0.1) is 22.4 Å². The van der Waals surface area contributed by atoms with E-state index in [0.29, 0.717) is 20.6 Å². The monoisotopic (exact) mass is 453 g/mol.